The number of anilines is 1. The van der Waals surface area contributed by atoms with Crippen LogP contribution in [0.3, 0.4) is 0 Å². The van der Waals surface area contributed by atoms with Crippen LogP contribution in [0, 0.1) is 5.82 Å². The summed E-state index contributed by atoms with van der Waals surface area (Å²) >= 11 is 9.06. The van der Waals surface area contributed by atoms with Crippen LogP contribution in [0.1, 0.15) is 5.76 Å². The third kappa shape index (κ3) is 2.77. The van der Waals surface area contributed by atoms with Gasteiger partial charge in [0, 0.05) is 10.7 Å². The second-order valence-electron chi connectivity index (χ2n) is 3.20. The maximum Gasteiger partial charge on any atom is 0.136 e. The zero-order valence-corrected chi connectivity index (χ0v) is 10.5. The number of nitrogens with one attached hydrogen (secondary N) is 1. The molecule has 0 aliphatic rings. The molecule has 0 aliphatic carbocycles. The fourth-order valence-electron chi connectivity index (χ4n) is 1.29. The molecule has 1 heterocycles. The normalized spacial score (nSPS) is 10.4. The summed E-state index contributed by atoms with van der Waals surface area (Å²) in [5.41, 5.74) is 0.619. The molecule has 84 valence electrons. The molecule has 1 aromatic heterocycles. The topological polar surface area (TPSA) is 25.2 Å². The van der Waals surface area contributed by atoms with Gasteiger partial charge in [0.25, 0.3) is 0 Å². The zero-order valence-electron chi connectivity index (χ0n) is 8.14. The monoisotopic (exact) mass is 303 g/mol. The molecule has 0 bridgehead atoms. The van der Waals surface area contributed by atoms with E-state index in [1.54, 1.807) is 18.4 Å². The van der Waals surface area contributed by atoms with Crippen LogP contribution in [0.5, 0.6) is 0 Å². The van der Waals surface area contributed by atoms with Crippen LogP contribution in [0.25, 0.3) is 0 Å². The SMILES string of the molecule is Fc1cc(Cl)cc(NCc2occc2Br)c1. The predicted molar refractivity (Wildman–Crippen MR) is 65.1 cm³/mol. The van der Waals surface area contributed by atoms with Crippen LogP contribution in [0.4, 0.5) is 10.1 Å². The van der Waals surface area contributed by atoms with Crippen molar-refractivity contribution in [2.75, 3.05) is 5.32 Å². The molecule has 1 N–H and O–H groups in total. The Hall–Kier alpha value is -1.00. The summed E-state index contributed by atoms with van der Waals surface area (Å²) in [6.45, 7) is 0.466. The number of benzene rings is 1. The first-order valence-electron chi connectivity index (χ1n) is 4.57. The van der Waals surface area contributed by atoms with Crippen molar-refractivity contribution in [3.05, 3.63) is 51.6 Å². The van der Waals surface area contributed by atoms with Crippen LogP contribution in [-0.2, 0) is 6.54 Å². The van der Waals surface area contributed by atoms with Crippen molar-refractivity contribution in [3.63, 3.8) is 0 Å². The zero-order chi connectivity index (χ0) is 11.5. The molecular weight excluding hydrogens is 296 g/mol. The maximum atomic E-state index is 13.0. The number of hydrogen-bond acceptors (Lipinski definition) is 2. The Labute approximate surface area is 106 Å². The van der Waals surface area contributed by atoms with Crippen molar-refractivity contribution in [2.24, 2.45) is 0 Å². The maximum absolute atomic E-state index is 13.0. The van der Waals surface area contributed by atoms with Crippen molar-refractivity contribution in [1.82, 2.24) is 0 Å². The van der Waals surface area contributed by atoms with Gasteiger partial charge >= 0.3 is 0 Å². The lowest BCUT2D eigenvalue weighted by molar-refractivity contribution is 0.516. The van der Waals surface area contributed by atoms with Gasteiger partial charge in [-0.05, 0) is 40.2 Å². The highest BCUT2D eigenvalue weighted by Gasteiger charge is 2.04. The molecule has 1 aromatic carbocycles. The lowest BCUT2D eigenvalue weighted by Gasteiger charge is -2.05. The number of halogens is 3. The summed E-state index contributed by atoms with van der Waals surface area (Å²) in [7, 11) is 0. The predicted octanol–water partition coefficient (Wildman–Crippen LogP) is 4.45. The Morgan fingerprint density at radius 3 is 2.81 bits per heavy atom. The standard InChI is InChI=1S/C11H8BrClFNO/c12-10-1-2-16-11(10)6-15-9-4-7(13)3-8(14)5-9/h1-5,15H,6H2. The molecule has 2 aromatic rings. The minimum Gasteiger partial charge on any atom is -0.466 e. The van der Waals surface area contributed by atoms with E-state index in [2.05, 4.69) is 21.2 Å². The fourth-order valence-corrected chi connectivity index (χ4v) is 1.85. The van der Waals surface area contributed by atoms with Crippen LogP contribution in [0.2, 0.25) is 5.02 Å². The molecule has 0 fully saturated rings. The van der Waals surface area contributed by atoms with Gasteiger partial charge in [0.1, 0.15) is 11.6 Å². The highest BCUT2D eigenvalue weighted by molar-refractivity contribution is 9.10. The first kappa shape index (κ1) is 11.5. The molecule has 2 rings (SSSR count). The van der Waals surface area contributed by atoms with Crippen LogP contribution in [0.15, 0.2) is 39.4 Å². The molecule has 0 unspecified atom stereocenters. The fraction of sp³-hybridized carbons (Fsp3) is 0.0909. The Balaban J connectivity index is 2.07. The van der Waals surface area contributed by atoms with Crippen molar-refractivity contribution in [3.8, 4) is 0 Å². The van der Waals surface area contributed by atoms with Gasteiger partial charge in [-0.3, -0.25) is 0 Å². The lowest BCUT2D eigenvalue weighted by Crippen LogP contribution is -1.99. The van der Waals surface area contributed by atoms with Crippen LogP contribution >= 0.6 is 27.5 Å². The van der Waals surface area contributed by atoms with E-state index in [1.165, 1.54) is 12.1 Å². The van der Waals surface area contributed by atoms with Crippen LogP contribution < -0.4 is 5.32 Å². The van der Waals surface area contributed by atoms with Gasteiger partial charge in [-0.2, -0.15) is 0 Å². The molecule has 0 saturated carbocycles. The van der Waals surface area contributed by atoms with Crippen molar-refractivity contribution in [2.45, 2.75) is 6.54 Å². The highest BCUT2D eigenvalue weighted by atomic mass is 79.9. The molecule has 2 nitrogen and oxygen atoms in total. The van der Waals surface area contributed by atoms with Gasteiger partial charge in [0.15, 0.2) is 0 Å². The molecule has 5 heteroatoms. The van der Waals surface area contributed by atoms with Gasteiger partial charge in [-0.1, -0.05) is 11.6 Å². The van der Waals surface area contributed by atoms with Gasteiger partial charge in [-0.25, -0.2) is 4.39 Å². The molecule has 0 amide bonds. The summed E-state index contributed by atoms with van der Waals surface area (Å²) in [6.07, 6.45) is 1.58. The van der Waals surface area contributed by atoms with E-state index in [0.717, 1.165) is 10.2 Å². The summed E-state index contributed by atoms with van der Waals surface area (Å²) < 4.78 is 19.1. The molecule has 0 saturated heterocycles. The Morgan fingerprint density at radius 1 is 1.38 bits per heavy atom. The Bertz CT molecular complexity index is 480. The quantitative estimate of drug-likeness (QED) is 0.906. The van der Waals surface area contributed by atoms with E-state index in [9.17, 15) is 4.39 Å². The van der Waals surface area contributed by atoms with E-state index in [-0.39, 0.29) is 5.82 Å². The van der Waals surface area contributed by atoms with Gasteiger partial charge in [0.05, 0.1) is 17.3 Å². The molecular formula is C11H8BrClFNO. The van der Waals surface area contributed by atoms with Crippen LogP contribution in [-0.4, -0.2) is 0 Å². The van der Waals surface area contributed by atoms with E-state index in [1.807, 2.05) is 0 Å². The number of hydrogen-bond donors (Lipinski definition) is 1. The highest BCUT2D eigenvalue weighted by Crippen LogP contribution is 2.21. The third-order valence-electron chi connectivity index (χ3n) is 2.01. The lowest BCUT2D eigenvalue weighted by atomic mass is 10.3. The van der Waals surface area contributed by atoms with Gasteiger partial charge in [0.2, 0.25) is 0 Å². The van der Waals surface area contributed by atoms with E-state index < -0.39 is 0 Å². The Morgan fingerprint density at radius 2 is 2.19 bits per heavy atom. The summed E-state index contributed by atoms with van der Waals surface area (Å²) in [4.78, 5) is 0. The van der Waals surface area contributed by atoms with E-state index >= 15 is 0 Å². The number of rotatable bonds is 3. The summed E-state index contributed by atoms with van der Waals surface area (Å²) in [5.74, 6) is 0.383. The third-order valence-corrected chi connectivity index (χ3v) is 2.93. The van der Waals surface area contributed by atoms with Gasteiger partial charge in [-0.15, -0.1) is 0 Å². The largest absolute Gasteiger partial charge is 0.466 e. The minimum absolute atomic E-state index is 0.362. The number of furan rings is 1. The van der Waals surface area contributed by atoms with E-state index in [0.29, 0.717) is 17.3 Å². The summed E-state index contributed by atoms with van der Waals surface area (Å²) in [5, 5.41) is 3.38. The molecule has 16 heavy (non-hydrogen) atoms. The second-order valence-corrected chi connectivity index (χ2v) is 4.49. The van der Waals surface area contributed by atoms with Crippen molar-refractivity contribution in [1.29, 1.82) is 0 Å². The summed E-state index contributed by atoms with van der Waals surface area (Å²) in [6, 6.07) is 6.09. The first-order valence-corrected chi connectivity index (χ1v) is 5.74. The molecule has 0 atom stereocenters. The molecule has 0 radical (unpaired) electrons. The average Bonchev–Trinajstić information content (AvgIpc) is 2.59. The second kappa shape index (κ2) is 4.89. The van der Waals surface area contributed by atoms with E-state index in [4.69, 9.17) is 16.0 Å². The minimum atomic E-state index is -0.367. The molecule has 0 aliphatic heterocycles. The first-order chi connectivity index (χ1) is 7.65. The Kier molecular flexibility index (Phi) is 3.51. The van der Waals surface area contributed by atoms with Crippen molar-refractivity contribution >= 4 is 33.2 Å². The van der Waals surface area contributed by atoms with Gasteiger partial charge < -0.3 is 9.73 Å². The smallest absolute Gasteiger partial charge is 0.136 e. The van der Waals surface area contributed by atoms with Crippen molar-refractivity contribution < 1.29 is 8.81 Å². The average molecular weight is 305 g/mol. The molecule has 0 spiro atoms.